The average molecular weight is 335 g/mol. The van der Waals surface area contributed by atoms with Crippen molar-refractivity contribution in [1.29, 1.82) is 0 Å². The Bertz CT molecular complexity index is 639. The molecule has 0 radical (unpaired) electrons. The van der Waals surface area contributed by atoms with Crippen LogP contribution < -0.4 is 11.1 Å². The predicted molar refractivity (Wildman–Crippen MR) is 91.3 cm³/mol. The topological polar surface area (TPSA) is 113 Å². The summed E-state index contributed by atoms with van der Waals surface area (Å²) in [5.41, 5.74) is 6.35. The Balaban J connectivity index is 1.96. The summed E-state index contributed by atoms with van der Waals surface area (Å²) >= 11 is 0. The lowest BCUT2D eigenvalue weighted by Crippen LogP contribution is -2.36. The number of nitrogens with one attached hydrogen (secondary N) is 1. The molecule has 0 unspecified atom stereocenters. The van der Waals surface area contributed by atoms with Crippen LogP contribution in [0.3, 0.4) is 0 Å². The molecular formula is C16H25N5O3. The second-order valence-corrected chi connectivity index (χ2v) is 6.87. The quantitative estimate of drug-likeness (QED) is 0.336. The molecule has 0 aliphatic carbocycles. The summed E-state index contributed by atoms with van der Waals surface area (Å²) in [5.74, 6) is 0.724. The van der Waals surface area contributed by atoms with Crippen molar-refractivity contribution in [3.05, 3.63) is 23.4 Å². The van der Waals surface area contributed by atoms with Crippen LogP contribution in [0, 0.1) is 6.92 Å². The van der Waals surface area contributed by atoms with Crippen molar-refractivity contribution in [3.63, 3.8) is 0 Å². The minimum absolute atomic E-state index is 0.0310. The second-order valence-electron chi connectivity index (χ2n) is 6.87. The molecule has 24 heavy (non-hydrogen) atoms. The van der Waals surface area contributed by atoms with Gasteiger partial charge in [-0.25, -0.2) is 9.78 Å². The molecule has 0 bridgehead atoms. The van der Waals surface area contributed by atoms with Gasteiger partial charge in [-0.2, -0.15) is 0 Å². The van der Waals surface area contributed by atoms with Crippen molar-refractivity contribution in [2.45, 2.75) is 45.8 Å². The Kier molecular flexibility index (Phi) is 5.16. The molecule has 1 atom stereocenters. The molecule has 4 N–H and O–H groups in total. The molecule has 1 fully saturated rings. The van der Waals surface area contributed by atoms with Gasteiger partial charge in [-0.05, 0) is 46.2 Å². The first-order valence-electron chi connectivity index (χ1n) is 7.89. The minimum atomic E-state index is -0.495. The number of carbonyl (C=O) groups excluding carboxylic acids is 1. The predicted octanol–water partition coefficient (Wildman–Crippen LogP) is 1.91. The summed E-state index contributed by atoms with van der Waals surface area (Å²) in [7, 11) is 0. The van der Waals surface area contributed by atoms with Crippen molar-refractivity contribution in [1.82, 2.24) is 9.88 Å². The standard InChI is InChI=1S/C16H25N5O3/c1-10-12(14(17)20-23)5-6-13(18-10)19-11-7-8-21(9-11)15(22)24-16(2,3)4/h5-6,11,23H,7-9H2,1-4H3,(H2,17,20)(H,18,19)/t11-/m0/s1. The van der Waals surface area contributed by atoms with Gasteiger partial charge in [-0.15, -0.1) is 0 Å². The number of amides is 1. The van der Waals surface area contributed by atoms with E-state index in [1.165, 1.54) is 0 Å². The third kappa shape index (κ3) is 4.50. The van der Waals surface area contributed by atoms with E-state index < -0.39 is 5.60 Å². The number of hydrogen-bond acceptors (Lipinski definition) is 6. The number of aromatic nitrogens is 1. The maximum absolute atomic E-state index is 12.1. The molecule has 2 heterocycles. The van der Waals surface area contributed by atoms with Gasteiger partial charge >= 0.3 is 6.09 Å². The number of oxime groups is 1. The Morgan fingerprint density at radius 3 is 2.79 bits per heavy atom. The van der Waals surface area contributed by atoms with Gasteiger partial charge in [0, 0.05) is 24.7 Å². The fourth-order valence-corrected chi connectivity index (χ4v) is 2.55. The van der Waals surface area contributed by atoms with E-state index in [0.717, 1.165) is 6.42 Å². The van der Waals surface area contributed by atoms with Crippen LogP contribution in [0.1, 0.15) is 38.4 Å². The van der Waals surface area contributed by atoms with Gasteiger partial charge in [0.2, 0.25) is 0 Å². The van der Waals surface area contributed by atoms with Crippen molar-refractivity contribution in [2.75, 3.05) is 18.4 Å². The number of likely N-dealkylation sites (tertiary alicyclic amines) is 1. The fourth-order valence-electron chi connectivity index (χ4n) is 2.55. The van der Waals surface area contributed by atoms with E-state index in [2.05, 4.69) is 15.5 Å². The molecule has 0 spiro atoms. The molecule has 1 saturated heterocycles. The molecule has 2 rings (SSSR count). The molecule has 0 aromatic carbocycles. The van der Waals surface area contributed by atoms with Gasteiger partial charge < -0.3 is 25.9 Å². The summed E-state index contributed by atoms with van der Waals surface area (Å²) < 4.78 is 5.39. The van der Waals surface area contributed by atoms with Gasteiger partial charge in [0.25, 0.3) is 0 Å². The number of carbonyl (C=O) groups is 1. The maximum Gasteiger partial charge on any atom is 0.410 e. The normalized spacial score (nSPS) is 18.6. The number of nitrogens with zero attached hydrogens (tertiary/aromatic N) is 3. The molecule has 8 nitrogen and oxygen atoms in total. The van der Waals surface area contributed by atoms with E-state index in [4.69, 9.17) is 15.7 Å². The van der Waals surface area contributed by atoms with Crippen LogP contribution >= 0.6 is 0 Å². The number of ether oxygens (including phenoxy) is 1. The summed E-state index contributed by atoms with van der Waals surface area (Å²) in [4.78, 5) is 18.2. The van der Waals surface area contributed by atoms with E-state index >= 15 is 0 Å². The zero-order valence-corrected chi connectivity index (χ0v) is 14.5. The lowest BCUT2D eigenvalue weighted by Gasteiger charge is -2.24. The molecule has 1 aromatic rings. The molecule has 1 amide bonds. The summed E-state index contributed by atoms with van der Waals surface area (Å²) in [5, 5.41) is 15.0. The number of amidine groups is 1. The van der Waals surface area contributed by atoms with Crippen LogP contribution in [0.5, 0.6) is 0 Å². The third-order valence-corrected chi connectivity index (χ3v) is 3.66. The van der Waals surface area contributed by atoms with Gasteiger partial charge in [0.1, 0.15) is 11.4 Å². The summed E-state index contributed by atoms with van der Waals surface area (Å²) in [6.45, 7) is 8.57. The summed E-state index contributed by atoms with van der Waals surface area (Å²) in [6.07, 6.45) is 0.528. The number of anilines is 1. The Morgan fingerprint density at radius 2 is 2.21 bits per heavy atom. The first-order valence-corrected chi connectivity index (χ1v) is 7.89. The SMILES string of the molecule is Cc1nc(N[C@H]2CCN(C(=O)OC(C)(C)C)C2)ccc1C(N)=NO. The highest BCUT2D eigenvalue weighted by molar-refractivity contribution is 5.98. The minimum Gasteiger partial charge on any atom is -0.444 e. The van der Waals surface area contributed by atoms with Crippen LogP contribution in [0.15, 0.2) is 17.3 Å². The van der Waals surface area contributed by atoms with Crippen LogP contribution in [-0.4, -0.2) is 51.8 Å². The zero-order valence-electron chi connectivity index (χ0n) is 14.5. The number of nitrogens with two attached hydrogens (primary N) is 1. The van der Waals surface area contributed by atoms with Crippen LogP contribution in [0.4, 0.5) is 10.6 Å². The zero-order chi connectivity index (χ0) is 17.9. The van der Waals surface area contributed by atoms with Gasteiger partial charge in [0.15, 0.2) is 5.84 Å². The molecule has 0 saturated carbocycles. The maximum atomic E-state index is 12.1. The number of rotatable bonds is 3. The van der Waals surface area contributed by atoms with E-state index in [1.807, 2.05) is 20.8 Å². The van der Waals surface area contributed by atoms with E-state index in [-0.39, 0.29) is 18.0 Å². The molecule has 1 aliphatic heterocycles. The van der Waals surface area contributed by atoms with Crippen LogP contribution in [0.2, 0.25) is 0 Å². The smallest absolute Gasteiger partial charge is 0.410 e. The largest absolute Gasteiger partial charge is 0.444 e. The monoisotopic (exact) mass is 335 g/mol. The molecule has 132 valence electrons. The Morgan fingerprint density at radius 1 is 1.50 bits per heavy atom. The highest BCUT2D eigenvalue weighted by Gasteiger charge is 2.29. The molecule has 8 heteroatoms. The second kappa shape index (κ2) is 6.94. The van der Waals surface area contributed by atoms with E-state index in [1.54, 1.807) is 24.0 Å². The lowest BCUT2D eigenvalue weighted by atomic mass is 10.2. The molecule has 1 aromatic heterocycles. The first-order chi connectivity index (χ1) is 11.2. The van der Waals surface area contributed by atoms with Crippen LogP contribution in [-0.2, 0) is 4.74 Å². The number of hydrogen-bond donors (Lipinski definition) is 3. The highest BCUT2D eigenvalue weighted by Crippen LogP contribution is 2.19. The van der Waals surface area contributed by atoms with Crippen molar-refractivity contribution in [2.24, 2.45) is 10.9 Å². The molecular weight excluding hydrogens is 310 g/mol. The number of pyridine rings is 1. The Labute approximate surface area is 141 Å². The van der Waals surface area contributed by atoms with Crippen molar-refractivity contribution < 1.29 is 14.7 Å². The van der Waals surface area contributed by atoms with Gasteiger partial charge in [-0.1, -0.05) is 5.16 Å². The Hall–Kier alpha value is -2.51. The van der Waals surface area contributed by atoms with Crippen molar-refractivity contribution in [3.8, 4) is 0 Å². The molecule has 1 aliphatic rings. The first kappa shape index (κ1) is 17.8. The highest BCUT2D eigenvalue weighted by atomic mass is 16.6. The third-order valence-electron chi connectivity index (χ3n) is 3.66. The van der Waals surface area contributed by atoms with Crippen LogP contribution in [0.25, 0.3) is 0 Å². The van der Waals surface area contributed by atoms with E-state index in [9.17, 15) is 4.79 Å². The van der Waals surface area contributed by atoms with Crippen molar-refractivity contribution >= 4 is 17.7 Å². The fraction of sp³-hybridized carbons (Fsp3) is 0.562. The average Bonchev–Trinajstić information content (AvgIpc) is 2.93. The summed E-state index contributed by atoms with van der Waals surface area (Å²) in [6, 6.07) is 3.63. The van der Waals surface area contributed by atoms with Gasteiger partial charge in [0.05, 0.1) is 5.69 Å². The number of aryl methyl sites for hydroxylation is 1. The van der Waals surface area contributed by atoms with E-state index in [0.29, 0.717) is 30.2 Å². The van der Waals surface area contributed by atoms with Gasteiger partial charge in [-0.3, -0.25) is 0 Å². The lowest BCUT2D eigenvalue weighted by molar-refractivity contribution is 0.0293.